The quantitative estimate of drug-likeness (QED) is 0.862. The molecule has 1 aliphatic heterocycles. The fraction of sp³-hybridized carbons (Fsp3) is 0.538. The number of likely N-dealkylation sites (tertiary alicyclic amines) is 1. The summed E-state index contributed by atoms with van der Waals surface area (Å²) in [6, 6.07) is 1.49. The van der Waals surface area contributed by atoms with Crippen LogP contribution in [0.3, 0.4) is 0 Å². The van der Waals surface area contributed by atoms with Gasteiger partial charge < -0.3 is 10.6 Å². The lowest BCUT2D eigenvalue weighted by molar-refractivity contribution is 0.0528. The van der Waals surface area contributed by atoms with E-state index in [1.165, 1.54) is 12.3 Å². The maximum absolute atomic E-state index is 13.5. The van der Waals surface area contributed by atoms with Crippen molar-refractivity contribution >= 4 is 30.7 Å². The summed E-state index contributed by atoms with van der Waals surface area (Å²) in [7, 11) is 0. The van der Waals surface area contributed by atoms with Crippen LogP contribution in [-0.4, -0.2) is 34.9 Å². The van der Waals surface area contributed by atoms with Crippen molar-refractivity contribution in [2.24, 2.45) is 11.1 Å². The number of halogens is 3. The Morgan fingerprint density at radius 1 is 1.50 bits per heavy atom. The molecule has 1 fully saturated rings. The minimum atomic E-state index is -0.574. The fourth-order valence-corrected chi connectivity index (χ4v) is 2.27. The lowest BCUT2D eigenvalue weighted by Gasteiger charge is -2.42. The van der Waals surface area contributed by atoms with Crippen molar-refractivity contribution in [3.8, 4) is 0 Å². The van der Waals surface area contributed by atoms with Crippen molar-refractivity contribution in [1.82, 2.24) is 9.88 Å². The lowest BCUT2D eigenvalue weighted by Crippen LogP contribution is -2.54. The Bertz CT molecular complexity index is 471. The molecule has 4 nitrogen and oxygen atoms in total. The summed E-state index contributed by atoms with van der Waals surface area (Å²) in [4.78, 5) is 17.5. The van der Waals surface area contributed by atoms with Crippen molar-refractivity contribution in [2.45, 2.75) is 26.3 Å². The van der Waals surface area contributed by atoms with Gasteiger partial charge in [-0.25, -0.2) is 4.39 Å². The van der Waals surface area contributed by atoms with Crippen molar-refractivity contribution in [1.29, 1.82) is 0 Å². The predicted octanol–water partition coefficient (Wildman–Crippen LogP) is 2.26. The number of nitrogens with two attached hydrogens (primary N) is 1. The van der Waals surface area contributed by atoms with Gasteiger partial charge in [0.1, 0.15) is 0 Å². The maximum atomic E-state index is 13.5. The van der Waals surface area contributed by atoms with Crippen LogP contribution >= 0.6 is 24.8 Å². The number of piperidine rings is 1. The summed E-state index contributed by atoms with van der Waals surface area (Å²) in [5.41, 5.74) is 5.96. The molecule has 0 aromatic carbocycles. The first-order valence-corrected chi connectivity index (χ1v) is 6.06. The van der Waals surface area contributed by atoms with E-state index in [0.717, 1.165) is 12.6 Å². The number of aromatic nitrogens is 1. The van der Waals surface area contributed by atoms with Crippen molar-refractivity contribution in [2.75, 3.05) is 13.1 Å². The summed E-state index contributed by atoms with van der Waals surface area (Å²) >= 11 is 0. The molecule has 0 aliphatic carbocycles. The number of hydrogen-bond donors (Lipinski definition) is 1. The summed E-state index contributed by atoms with van der Waals surface area (Å²) in [6.45, 7) is 5.18. The number of nitrogens with zero attached hydrogens (tertiary/aromatic N) is 2. The highest BCUT2D eigenvalue weighted by atomic mass is 35.5. The van der Waals surface area contributed by atoms with Gasteiger partial charge in [0.2, 0.25) is 0 Å². The zero-order valence-corrected chi connectivity index (χ0v) is 13.1. The van der Waals surface area contributed by atoms with Gasteiger partial charge in [0, 0.05) is 25.3 Å². The highest BCUT2D eigenvalue weighted by Crippen LogP contribution is 2.28. The number of pyridine rings is 1. The standard InChI is InChI=1S/C13H18FN3O.2ClH/c1-13(2)8-17(6-4-11(13)15)12(18)9-3-5-16-7-10(9)14;;/h3,5,7,11H,4,6,8,15H2,1-2H3;2*1H. The summed E-state index contributed by atoms with van der Waals surface area (Å²) in [6.07, 6.45) is 3.23. The molecule has 0 radical (unpaired) electrons. The maximum Gasteiger partial charge on any atom is 0.256 e. The van der Waals surface area contributed by atoms with Gasteiger partial charge >= 0.3 is 0 Å². The van der Waals surface area contributed by atoms with Gasteiger partial charge in [-0.3, -0.25) is 9.78 Å². The minimum absolute atomic E-state index is 0. The van der Waals surface area contributed by atoms with Crippen LogP contribution in [0, 0.1) is 11.2 Å². The Morgan fingerprint density at radius 2 is 2.15 bits per heavy atom. The molecule has 1 unspecified atom stereocenters. The van der Waals surface area contributed by atoms with Crippen LogP contribution in [0.5, 0.6) is 0 Å². The zero-order valence-electron chi connectivity index (χ0n) is 11.5. The Morgan fingerprint density at radius 3 is 2.70 bits per heavy atom. The predicted molar refractivity (Wildman–Crippen MR) is 81.0 cm³/mol. The van der Waals surface area contributed by atoms with E-state index in [1.807, 2.05) is 13.8 Å². The third kappa shape index (κ3) is 3.81. The van der Waals surface area contributed by atoms with E-state index in [2.05, 4.69) is 4.98 Å². The first kappa shape index (κ1) is 19.1. The second-order valence-electron chi connectivity index (χ2n) is 5.47. The summed E-state index contributed by atoms with van der Waals surface area (Å²) < 4.78 is 13.5. The summed E-state index contributed by atoms with van der Waals surface area (Å²) in [5, 5.41) is 0. The first-order valence-electron chi connectivity index (χ1n) is 6.06. The Labute approximate surface area is 130 Å². The van der Waals surface area contributed by atoms with Crippen molar-refractivity contribution < 1.29 is 9.18 Å². The van der Waals surface area contributed by atoms with Crippen LogP contribution in [0.1, 0.15) is 30.6 Å². The molecule has 1 saturated heterocycles. The number of rotatable bonds is 1. The molecule has 114 valence electrons. The molecule has 1 amide bonds. The van der Waals surface area contributed by atoms with E-state index in [1.54, 1.807) is 4.90 Å². The Balaban J connectivity index is 0.00000180. The number of amides is 1. The van der Waals surface area contributed by atoms with E-state index < -0.39 is 5.82 Å². The van der Waals surface area contributed by atoms with E-state index >= 15 is 0 Å². The SMILES string of the molecule is CC1(C)CN(C(=O)c2ccncc2F)CCC1N.Cl.Cl. The van der Waals surface area contributed by atoms with Crippen LogP contribution in [0.2, 0.25) is 0 Å². The van der Waals surface area contributed by atoms with Crippen LogP contribution in [0.4, 0.5) is 4.39 Å². The van der Waals surface area contributed by atoms with E-state index in [9.17, 15) is 9.18 Å². The molecule has 2 heterocycles. The van der Waals surface area contributed by atoms with Gasteiger partial charge in [0.05, 0.1) is 11.8 Å². The van der Waals surface area contributed by atoms with E-state index in [4.69, 9.17) is 5.73 Å². The molecule has 1 aromatic rings. The highest BCUT2D eigenvalue weighted by Gasteiger charge is 2.36. The number of carbonyl (C=O) groups excluding carboxylic acids is 1. The van der Waals surface area contributed by atoms with Gasteiger partial charge in [-0.2, -0.15) is 0 Å². The zero-order chi connectivity index (χ0) is 13.3. The molecule has 1 atom stereocenters. The average Bonchev–Trinajstić information content (AvgIpc) is 2.32. The lowest BCUT2D eigenvalue weighted by atomic mass is 9.79. The smallest absolute Gasteiger partial charge is 0.256 e. The van der Waals surface area contributed by atoms with Gasteiger partial charge in [0.25, 0.3) is 5.91 Å². The molecule has 1 aromatic heterocycles. The van der Waals surface area contributed by atoms with Gasteiger partial charge in [-0.1, -0.05) is 13.8 Å². The summed E-state index contributed by atoms with van der Waals surface area (Å²) in [5.74, 6) is -0.856. The second-order valence-corrected chi connectivity index (χ2v) is 5.47. The van der Waals surface area contributed by atoms with Gasteiger partial charge in [0.15, 0.2) is 5.82 Å². The molecule has 0 saturated carbocycles. The van der Waals surface area contributed by atoms with Crippen molar-refractivity contribution in [3.05, 3.63) is 29.8 Å². The average molecular weight is 324 g/mol. The van der Waals surface area contributed by atoms with Crippen LogP contribution < -0.4 is 5.73 Å². The van der Waals surface area contributed by atoms with E-state index in [-0.39, 0.29) is 47.7 Å². The van der Waals surface area contributed by atoms with Gasteiger partial charge in [-0.15, -0.1) is 24.8 Å². The number of carbonyl (C=O) groups is 1. The monoisotopic (exact) mass is 323 g/mol. The van der Waals surface area contributed by atoms with Crippen LogP contribution in [-0.2, 0) is 0 Å². The molecule has 0 spiro atoms. The highest BCUT2D eigenvalue weighted by molar-refractivity contribution is 5.94. The van der Waals surface area contributed by atoms with Crippen LogP contribution in [0.15, 0.2) is 18.5 Å². The third-order valence-corrected chi connectivity index (χ3v) is 3.60. The molecule has 0 bridgehead atoms. The number of hydrogen-bond acceptors (Lipinski definition) is 3. The normalized spacial score (nSPS) is 20.6. The molecular weight excluding hydrogens is 304 g/mol. The molecule has 2 rings (SSSR count). The van der Waals surface area contributed by atoms with E-state index in [0.29, 0.717) is 13.1 Å². The Kier molecular flexibility index (Phi) is 6.87. The Hall–Kier alpha value is -0.910. The molecule has 20 heavy (non-hydrogen) atoms. The van der Waals surface area contributed by atoms with Crippen molar-refractivity contribution in [3.63, 3.8) is 0 Å². The fourth-order valence-electron chi connectivity index (χ4n) is 2.27. The molecule has 2 N–H and O–H groups in total. The third-order valence-electron chi connectivity index (χ3n) is 3.60. The first-order chi connectivity index (χ1) is 8.42. The topological polar surface area (TPSA) is 59.2 Å². The minimum Gasteiger partial charge on any atom is -0.338 e. The van der Waals surface area contributed by atoms with Crippen LogP contribution in [0.25, 0.3) is 0 Å². The largest absolute Gasteiger partial charge is 0.338 e. The van der Waals surface area contributed by atoms with Gasteiger partial charge in [-0.05, 0) is 17.9 Å². The second kappa shape index (κ2) is 7.20. The molecular formula is C13H20Cl2FN3O. The molecule has 1 aliphatic rings. The molecule has 7 heteroatoms.